The van der Waals surface area contributed by atoms with Gasteiger partial charge in [-0.2, -0.15) is 0 Å². The molecule has 1 aliphatic rings. The number of hydrogen-bond donors (Lipinski definition) is 1. The summed E-state index contributed by atoms with van der Waals surface area (Å²) in [5.41, 5.74) is 0. The number of unbranched alkanes of at least 4 members (excludes halogenated alkanes) is 5. The van der Waals surface area contributed by atoms with E-state index in [0.717, 1.165) is 18.3 Å². The van der Waals surface area contributed by atoms with E-state index in [9.17, 15) is 4.79 Å². The number of carbonyl (C=O) groups is 1. The molecule has 0 bridgehead atoms. The van der Waals surface area contributed by atoms with E-state index in [1.807, 2.05) is 6.08 Å². The monoisotopic (exact) mass is 307 g/mol. The topological polar surface area (TPSA) is 37.3 Å². The van der Waals surface area contributed by atoms with Gasteiger partial charge in [0.1, 0.15) is 0 Å². The molecule has 1 N–H and O–H groups in total. The predicted octanol–water partition coefficient (Wildman–Crippen LogP) is 6.13. The molecule has 1 saturated carbocycles. The molecule has 2 atom stereocenters. The molecule has 0 radical (unpaired) electrons. The van der Waals surface area contributed by atoms with E-state index in [1.54, 1.807) is 6.08 Å². The van der Waals surface area contributed by atoms with Crippen LogP contribution in [-0.2, 0) is 4.79 Å². The summed E-state index contributed by atoms with van der Waals surface area (Å²) in [5, 5.41) is 8.61. The van der Waals surface area contributed by atoms with Gasteiger partial charge in [0, 0.05) is 6.05 Å². The first kappa shape index (κ1) is 17.3. The molecule has 1 aliphatic carbocycles. The van der Waals surface area contributed by atoms with Crippen molar-refractivity contribution in [2.45, 2.75) is 84.0 Å². The normalized spacial score (nSPS) is 23.1. The van der Waals surface area contributed by atoms with Crippen LogP contribution in [0.15, 0.2) is 24.3 Å². The van der Waals surface area contributed by atoms with Gasteiger partial charge in [0.2, 0.25) is 0 Å². The molecular formula is C20H34O2. The number of rotatable bonds is 12. The lowest BCUT2D eigenvalue weighted by Crippen LogP contribution is -2.07. The number of hydrogen-bond acceptors (Lipinski definition) is 1. The number of aliphatic carboxylic acids is 1. The SMILES string of the molecule is [2H]C(=CC=CCC[C@H]1CCC[C@@H]1CCCCCCCC)C(=O)O. The summed E-state index contributed by atoms with van der Waals surface area (Å²) in [4.78, 5) is 10.5. The first-order chi connectivity index (χ1) is 11.1. The molecule has 0 aromatic carbocycles. The Bertz CT molecular complexity index is 387. The van der Waals surface area contributed by atoms with Crippen molar-refractivity contribution in [2.24, 2.45) is 11.8 Å². The Kier molecular flexibility index (Phi) is 9.82. The van der Waals surface area contributed by atoms with E-state index in [4.69, 9.17) is 6.48 Å². The summed E-state index contributed by atoms with van der Waals surface area (Å²) in [7, 11) is 0. The zero-order valence-corrected chi connectivity index (χ0v) is 14.2. The van der Waals surface area contributed by atoms with E-state index < -0.39 is 5.97 Å². The quantitative estimate of drug-likeness (QED) is 0.267. The summed E-state index contributed by atoms with van der Waals surface area (Å²) in [6.07, 6.45) is 21.2. The third kappa shape index (κ3) is 9.07. The minimum Gasteiger partial charge on any atom is -0.478 e. The Hall–Kier alpha value is -1.05. The maximum absolute atomic E-state index is 10.5. The van der Waals surface area contributed by atoms with Crippen molar-refractivity contribution in [1.29, 1.82) is 0 Å². The summed E-state index contributed by atoms with van der Waals surface area (Å²) < 4.78 is 7.21. The van der Waals surface area contributed by atoms with Gasteiger partial charge in [0.15, 0.2) is 0 Å². The van der Waals surface area contributed by atoms with E-state index in [0.29, 0.717) is 0 Å². The zero-order valence-electron chi connectivity index (χ0n) is 15.2. The minimum absolute atomic E-state index is 0.344. The van der Waals surface area contributed by atoms with Crippen LogP contribution in [0.5, 0.6) is 0 Å². The Morgan fingerprint density at radius 2 is 1.77 bits per heavy atom. The van der Waals surface area contributed by atoms with Crippen LogP contribution in [0.4, 0.5) is 0 Å². The fraction of sp³-hybridized carbons (Fsp3) is 0.750. The molecule has 0 saturated heterocycles. The molecular weight excluding hydrogens is 272 g/mol. The molecule has 0 aliphatic heterocycles. The standard InChI is InChI=1S/C20H34O2/c1-2-3-4-5-6-9-13-18-15-12-16-19(18)14-10-7-8-11-17-20(21)22/h7-8,11,17-19H,2-6,9-10,12-16H2,1H3,(H,21,22)/t18-,19-/m0/s1/i17D. The third-order valence-corrected chi connectivity index (χ3v) is 4.89. The van der Waals surface area contributed by atoms with Gasteiger partial charge in [-0.25, -0.2) is 4.79 Å². The van der Waals surface area contributed by atoms with Gasteiger partial charge < -0.3 is 5.11 Å². The molecule has 0 aromatic rings. The molecule has 0 aromatic heterocycles. The lowest BCUT2D eigenvalue weighted by molar-refractivity contribution is -0.131. The fourth-order valence-corrected chi connectivity index (χ4v) is 3.65. The molecule has 22 heavy (non-hydrogen) atoms. The first-order valence-corrected chi connectivity index (χ1v) is 9.21. The second kappa shape index (κ2) is 12.5. The molecule has 0 spiro atoms. The highest BCUT2D eigenvalue weighted by molar-refractivity contribution is 5.80. The number of carboxylic acid groups (broad SMARTS) is 1. The van der Waals surface area contributed by atoms with E-state index in [2.05, 4.69) is 6.92 Å². The van der Waals surface area contributed by atoms with Gasteiger partial charge in [-0.1, -0.05) is 89.4 Å². The minimum atomic E-state index is -1.16. The van der Waals surface area contributed by atoms with Gasteiger partial charge in [0.25, 0.3) is 0 Å². The molecule has 2 heteroatoms. The van der Waals surface area contributed by atoms with Gasteiger partial charge in [-0.05, 0) is 24.7 Å². The van der Waals surface area contributed by atoms with Crippen molar-refractivity contribution < 1.29 is 11.3 Å². The third-order valence-electron chi connectivity index (χ3n) is 4.89. The van der Waals surface area contributed by atoms with Gasteiger partial charge in [-0.15, -0.1) is 0 Å². The number of allylic oxidation sites excluding steroid dienone is 3. The van der Waals surface area contributed by atoms with Gasteiger partial charge in [0.05, 0.1) is 1.37 Å². The van der Waals surface area contributed by atoms with Crippen LogP contribution in [0, 0.1) is 11.8 Å². The highest BCUT2D eigenvalue weighted by Crippen LogP contribution is 2.38. The van der Waals surface area contributed by atoms with Crippen molar-refractivity contribution in [1.82, 2.24) is 0 Å². The molecule has 0 unspecified atom stereocenters. The number of carboxylic acids is 1. The van der Waals surface area contributed by atoms with Gasteiger partial charge >= 0.3 is 5.97 Å². The Labute approximate surface area is 138 Å². The smallest absolute Gasteiger partial charge is 0.328 e. The fourth-order valence-electron chi connectivity index (χ4n) is 3.65. The van der Waals surface area contributed by atoms with E-state index in [1.165, 1.54) is 76.7 Å². The van der Waals surface area contributed by atoms with Crippen LogP contribution in [0.1, 0.15) is 85.3 Å². The van der Waals surface area contributed by atoms with E-state index in [-0.39, 0.29) is 6.05 Å². The molecule has 1 fully saturated rings. The summed E-state index contributed by atoms with van der Waals surface area (Å²) in [5.74, 6) is 0.606. The van der Waals surface area contributed by atoms with Crippen molar-refractivity contribution >= 4 is 5.97 Å². The van der Waals surface area contributed by atoms with Crippen LogP contribution in [-0.4, -0.2) is 11.1 Å². The highest BCUT2D eigenvalue weighted by atomic mass is 16.4. The molecule has 0 heterocycles. The van der Waals surface area contributed by atoms with Crippen LogP contribution in [0.2, 0.25) is 0 Å². The highest BCUT2D eigenvalue weighted by Gasteiger charge is 2.25. The summed E-state index contributed by atoms with van der Waals surface area (Å²) in [6, 6.07) is -0.344. The second-order valence-electron chi connectivity index (χ2n) is 6.63. The van der Waals surface area contributed by atoms with Crippen LogP contribution < -0.4 is 0 Å². The zero-order chi connectivity index (χ0) is 16.9. The predicted molar refractivity (Wildman–Crippen MR) is 94.0 cm³/mol. The van der Waals surface area contributed by atoms with Crippen molar-refractivity contribution in [3.8, 4) is 0 Å². The lowest BCUT2D eigenvalue weighted by Gasteiger charge is -2.18. The van der Waals surface area contributed by atoms with Crippen LogP contribution in [0.3, 0.4) is 0 Å². The first-order valence-electron chi connectivity index (χ1n) is 9.71. The van der Waals surface area contributed by atoms with Crippen molar-refractivity contribution in [3.05, 3.63) is 24.3 Å². The molecule has 1 rings (SSSR count). The Morgan fingerprint density at radius 3 is 2.50 bits per heavy atom. The van der Waals surface area contributed by atoms with Crippen molar-refractivity contribution in [3.63, 3.8) is 0 Å². The maximum Gasteiger partial charge on any atom is 0.328 e. The Morgan fingerprint density at radius 1 is 1.09 bits per heavy atom. The van der Waals surface area contributed by atoms with Crippen molar-refractivity contribution in [2.75, 3.05) is 0 Å². The van der Waals surface area contributed by atoms with Gasteiger partial charge in [-0.3, -0.25) is 0 Å². The largest absolute Gasteiger partial charge is 0.478 e. The second-order valence-corrected chi connectivity index (χ2v) is 6.63. The van der Waals surface area contributed by atoms with E-state index >= 15 is 0 Å². The average Bonchev–Trinajstić information content (AvgIpc) is 2.97. The molecule has 126 valence electrons. The molecule has 0 amide bonds. The molecule has 2 nitrogen and oxygen atoms in total. The maximum atomic E-state index is 10.5. The average molecular weight is 307 g/mol. The summed E-state index contributed by atoms with van der Waals surface area (Å²) in [6.45, 7) is 2.26. The van der Waals surface area contributed by atoms with Crippen LogP contribution in [0.25, 0.3) is 0 Å². The Balaban J connectivity index is 2.16. The summed E-state index contributed by atoms with van der Waals surface area (Å²) >= 11 is 0. The van der Waals surface area contributed by atoms with Crippen LogP contribution >= 0.6 is 0 Å². The lowest BCUT2D eigenvalue weighted by atomic mass is 9.87.